The Balaban J connectivity index is 2.14. The van der Waals surface area contributed by atoms with Crippen molar-refractivity contribution in [3.05, 3.63) is 29.3 Å². The van der Waals surface area contributed by atoms with E-state index in [4.69, 9.17) is 9.47 Å². The van der Waals surface area contributed by atoms with Crippen molar-refractivity contribution in [3.8, 4) is 11.5 Å². The molecule has 2 rings (SSSR count). The van der Waals surface area contributed by atoms with E-state index in [1.807, 2.05) is 12.3 Å². The molecule has 0 radical (unpaired) electrons. The molecule has 6 nitrogen and oxygen atoms in total. The summed E-state index contributed by atoms with van der Waals surface area (Å²) in [5, 5.41) is 7.76. The van der Waals surface area contributed by atoms with Gasteiger partial charge in [0.25, 0.3) is 0 Å². The number of rotatable bonds is 4. The Labute approximate surface area is 120 Å². The van der Waals surface area contributed by atoms with Crippen molar-refractivity contribution in [2.24, 2.45) is 0 Å². The first-order valence-electron chi connectivity index (χ1n) is 5.85. The molecule has 20 heavy (non-hydrogen) atoms. The number of benzene rings is 1. The summed E-state index contributed by atoms with van der Waals surface area (Å²) in [5.41, 5.74) is 1.34. The number of nitrogens with zero attached hydrogens (tertiary/aromatic N) is 1. The Hall–Kier alpha value is -2.28. The molecular formula is C13H15N3O3S. The first-order chi connectivity index (χ1) is 9.63. The number of thiazole rings is 1. The minimum absolute atomic E-state index is 0.401. The minimum atomic E-state index is -0.401. The molecule has 0 saturated carbocycles. The number of amides is 2. The Bertz CT molecular complexity index is 590. The Morgan fingerprint density at radius 3 is 2.35 bits per heavy atom. The van der Waals surface area contributed by atoms with Crippen LogP contribution in [0.3, 0.4) is 0 Å². The number of methoxy groups -OCH3 is 2. The number of urea groups is 1. The van der Waals surface area contributed by atoms with Gasteiger partial charge in [0.1, 0.15) is 17.2 Å². The van der Waals surface area contributed by atoms with Crippen molar-refractivity contribution >= 4 is 28.2 Å². The molecule has 0 fully saturated rings. The summed E-state index contributed by atoms with van der Waals surface area (Å²) in [6, 6.07) is 4.87. The molecule has 0 spiro atoms. The Morgan fingerprint density at radius 1 is 1.20 bits per heavy atom. The van der Waals surface area contributed by atoms with Crippen LogP contribution in [0.2, 0.25) is 0 Å². The molecule has 0 aliphatic rings. The first kappa shape index (κ1) is 14.1. The van der Waals surface area contributed by atoms with Crippen LogP contribution in [-0.4, -0.2) is 25.2 Å². The molecule has 1 aromatic heterocycles. The number of anilines is 2. The zero-order chi connectivity index (χ0) is 14.5. The molecule has 0 aliphatic carbocycles. The monoisotopic (exact) mass is 293 g/mol. The van der Waals surface area contributed by atoms with Crippen LogP contribution >= 0.6 is 11.3 Å². The van der Waals surface area contributed by atoms with Crippen LogP contribution in [0, 0.1) is 6.92 Å². The van der Waals surface area contributed by atoms with E-state index in [1.165, 1.54) is 25.6 Å². The van der Waals surface area contributed by atoms with Crippen LogP contribution in [0.5, 0.6) is 11.5 Å². The van der Waals surface area contributed by atoms with Crippen LogP contribution in [-0.2, 0) is 0 Å². The van der Waals surface area contributed by atoms with Crippen LogP contribution in [0.1, 0.15) is 5.69 Å². The molecule has 2 aromatic rings. The topological polar surface area (TPSA) is 72.5 Å². The predicted molar refractivity (Wildman–Crippen MR) is 79.0 cm³/mol. The van der Waals surface area contributed by atoms with Gasteiger partial charge in [0, 0.05) is 5.38 Å². The second-order valence-corrected chi connectivity index (χ2v) is 4.77. The van der Waals surface area contributed by atoms with Crippen molar-refractivity contribution in [2.75, 3.05) is 24.9 Å². The molecule has 7 heteroatoms. The van der Waals surface area contributed by atoms with Crippen LogP contribution in [0.4, 0.5) is 15.6 Å². The summed E-state index contributed by atoms with van der Waals surface area (Å²) in [6.07, 6.45) is 0. The number of para-hydroxylation sites is 1. The van der Waals surface area contributed by atoms with E-state index in [0.29, 0.717) is 22.3 Å². The number of nitrogens with one attached hydrogen (secondary N) is 2. The lowest BCUT2D eigenvalue weighted by Gasteiger charge is -2.13. The maximum atomic E-state index is 12.0. The van der Waals surface area contributed by atoms with E-state index in [9.17, 15) is 4.79 Å². The van der Waals surface area contributed by atoms with Gasteiger partial charge in [-0.05, 0) is 19.1 Å². The maximum Gasteiger partial charge on any atom is 0.325 e. The fourth-order valence-electron chi connectivity index (χ4n) is 1.63. The third-order valence-electron chi connectivity index (χ3n) is 2.51. The molecule has 0 aliphatic heterocycles. The minimum Gasteiger partial charge on any atom is -0.494 e. The van der Waals surface area contributed by atoms with E-state index < -0.39 is 6.03 Å². The fraction of sp³-hybridized carbons (Fsp3) is 0.231. The Kier molecular flexibility index (Phi) is 4.41. The average Bonchev–Trinajstić information content (AvgIpc) is 2.84. The number of hydrogen-bond acceptors (Lipinski definition) is 5. The summed E-state index contributed by atoms with van der Waals surface area (Å²) in [4.78, 5) is 16.1. The van der Waals surface area contributed by atoms with Crippen molar-refractivity contribution in [3.63, 3.8) is 0 Å². The number of carbonyl (C=O) groups excluding carboxylic acids is 1. The normalized spacial score (nSPS) is 9.95. The molecular weight excluding hydrogens is 278 g/mol. The molecule has 1 heterocycles. The lowest BCUT2D eigenvalue weighted by Crippen LogP contribution is -2.20. The number of aromatic nitrogens is 1. The smallest absolute Gasteiger partial charge is 0.325 e. The van der Waals surface area contributed by atoms with Gasteiger partial charge in [-0.3, -0.25) is 5.32 Å². The fourth-order valence-corrected chi connectivity index (χ4v) is 2.31. The molecule has 0 bridgehead atoms. The molecule has 2 N–H and O–H groups in total. The zero-order valence-corrected chi connectivity index (χ0v) is 12.2. The summed E-state index contributed by atoms with van der Waals surface area (Å²) in [5.74, 6) is 1.05. The van der Waals surface area contributed by atoms with E-state index in [1.54, 1.807) is 18.2 Å². The zero-order valence-electron chi connectivity index (χ0n) is 11.4. The molecule has 106 valence electrons. The largest absolute Gasteiger partial charge is 0.494 e. The molecule has 2 amide bonds. The van der Waals surface area contributed by atoms with Gasteiger partial charge in [0.05, 0.1) is 19.9 Å². The number of ether oxygens (including phenoxy) is 2. The summed E-state index contributed by atoms with van der Waals surface area (Å²) in [6.45, 7) is 1.86. The predicted octanol–water partition coefficient (Wildman–Crippen LogP) is 3.11. The van der Waals surface area contributed by atoms with Crippen molar-refractivity contribution < 1.29 is 14.3 Å². The quantitative estimate of drug-likeness (QED) is 0.908. The van der Waals surface area contributed by atoms with Crippen molar-refractivity contribution in [1.29, 1.82) is 0 Å². The highest BCUT2D eigenvalue weighted by molar-refractivity contribution is 7.13. The molecule has 0 atom stereocenters. The van der Waals surface area contributed by atoms with Crippen molar-refractivity contribution in [2.45, 2.75) is 6.92 Å². The van der Waals surface area contributed by atoms with Gasteiger partial charge in [0.15, 0.2) is 5.13 Å². The van der Waals surface area contributed by atoms with E-state index >= 15 is 0 Å². The van der Waals surface area contributed by atoms with Gasteiger partial charge in [-0.25, -0.2) is 9.78 Å². The average molecular weight is 293 g/mol. The van der Waals surface area contributed by atoms with Crippen molar-refractivity contribution in [1.82, 2.24) is 4.98 Å². The highest BCUT2D eigenvalue weighted by Crippen LogP contribution is 2.34. The third-order valence-corrected chi connectivity index (χ3v) is 3.38. The maximum absolute atomic E-state index is 12.0. The lowest BCUT2D eigenvalue weighted by molar-refractivity contribution is 0.262. The van der Waals surface area contributed by atoms with Crippen LogP contribution in [0.25, 0.3) is 0 Å². The number of hydrogen-bond donors (Lipinski definition) is 2. The second-order valence-electron chi connectivity index (χ2n) is 3.91. The SMILES string of the molecule is COc1cccc(OC)c1NC(=O)Nc1nc(C)cs1. The molecule has 0 unspecified atom stereocenters. The lowest BCUT2D eigenvalue weighted by atomic mass is 10.2. The summed E-state index contributed by atoms with van der Waals surface area (Å²) >= 11 is 1.36. The number of carbonyl (C=O) groups is 1. The highest BCUT2D eigenvalue weighted by atomic mass is 32.1. The van der Waals surface area contributed by atoms with E-state index in [2.05, 4.69) is 15.6 Å². The molecule has 0 saturated heterocycles. The van der Waals surface area contributed by atoms with E-state index in [-0.39, 0.29) is 0 Å². The first-order valence-corrected chi connectivity index (χ1v) is 6.73. The van der Waals surface area contributed by atoms with Gasteiger partial charge in [-0.1, -0.05) is 6.07 Å². The van der Waals surface area contributed by atoms with Gasteiger partial charge in [-0.15, -0.1) is 11.3 Å². The molecule has 1 aromatic carbocycles. The standard InChI is InChI=1S/C13H15N3O3S/c1-8-7-20-13(14-8)16-12(17)15-11-9(18-2)5-4-6-10(11)19-3/h4-7H,1-3H3,(H2,14,15,16,17). The highest BCUT2D eigenvalue weighted by Gasteiger charge is 2.13. The summed E-state index contributed by atoms with van der Waals surface area (Å²) in [7, 11) is 3.06. The van der Waals surface area contributed by atoms with Gasteiger partial charge >= 0.3 is 6.03 Å². The summed E-state index contributed by atoms with van der Waals surface area (Å²) < 4.78 is 10.4. The van der Waals surface area contributed by atoms with Crippen LogP contribution < -0.4 is 20.1 Å². The van der Waals surface area contributed by atoms with Gasteiger partial charge < -0.3 is 14.8 Å². The third kappa shape index (κ3) is 3.18. The number of aryl methyl sites for hydroxylation is 1. The van der Waals surface area contributed by atoms with Gasteiger partial charge in [0.2, 0.25) is 0 Å². The van der Waals surface area contributed by atoms with Gasteiger partial charge in [-0.2, -0.15) is 0 Å². The van der Waals surface area contributed by atoms with E-state index in [0.717, 1.165) is 5.69 Å². The Morgan fingerprint density at radius 2 is 1.85 bits per heavy atom. The second kappa shape index (κ2) is 6.25. The van der Waals surface area contributed by atoms with Crippen LogP contribution in [0.15, 0.2) is 23.6 Å².